The van der Waals surface area contributed by atoms with Gasteiger partial charge in [-0.25, -0.2) is 4.98 Å². The van der Waals surface area contributed by atoms with Gasteiger partial charge in [-0.3, -0.25) is 4.79 Å². The normalized spacial score (nSPS) is 16.2. The van der Waals surface area contributed by atoms with E-state index < -0.39 is 0 Å². The molecule has 1 aromatic heterocycles. The molecule has 0 spiro atoms. The second-order valence-electron chi connectivity index (χ2n) is 5.99. The van der Waals surface area contributed by atoms with Crippen LogP contribution < -0.4 is 14.8 Å². The molecule has 4 rings (SSSR count). The van der Waals surface area contributed by atoms with Crippen molar-refractivity contribution in [2.45, 2.75) is 25.7 Å². The highest BCUT2D eigenvalue weighted by Crippen LogP contribution is 2.36. The van der Waals surface area contributed by atoms with Crippen molar-refractivity contribution in [2.75, 3.05) is 13.3 Å². The van der Waals surface area contributed by atoms with Crippen LogP contribution >= 0.6 is 11.3 Å². The predicted octanol–water partition coefficient (Wildman–Crippen LogP) is 3.00. The number of benzene rings is 1. The molecule has 2 heterocycles. The van der Waals surface area contributed by atoms with Crippen molar-refractivity contribution < 1.29 is 14.3 Å². The van der Waals surface area contributed by atoms with Gasteiger partial charge in [0.05, 0.1) is 12.1 Å². The number of nitrogens with one attached hydrogen (secondary N) is 1. The van der Waals surface area contributed by atoms with Crippen LogP contribution in [0.25, 0.3) is 10.6 Å². The lowest BCUT2D eigenvalue weighted by Gasteiger charge is -2.25. The van der Waals surface area contributed by atoms with Gasteiger partial charge in [0.15, 0.2) is 11.5 Å². The number of ether oxygens (including phenoxy) is 2. The summed E-state index contributed by atoms with van der Waals surface area (Å²) in [5.41, 5.74) is 1.80. The van der Waals surface area contributed by atoms with Crippen molar-refractivity contribution in [1.82, 2.24) is 10.3 Å². The minimum Gasteiger partial charge on any atom is -0.454 e. The number of nitrogens with zero attached hydrogens (tertiary/aromatic N) is 1. The highest BCUT2D eigenvalue weighted by Gasteiger charge is 2.19. The summed E-state index contributed by atoms with van der Waals surface area (Å²) >= 11 is 1.54. The van der Waals surface area contributed by atoms with Crippen LogP contribution in [0.5, 0.6) is 11.5 Å². The Labute approximate surface area is 138 Å². The van der Waals surface area contributed by atoms with E-state index in [2.05, 4.69) is 10.3 Å². The number of amides is 1. The van der Waals surface area contributed by atoms with Gasteiger partial charge in [0.2, 0.25) is 12.7 Å². The summed E-state index contributed by atoms with van der Waals surface area (Å²) in [7, 11) is 0. The van der Waals surface area contributed by atoms with Gasteiger partial charge in [-0.1, -0.05) is 6.42 Å². The molecular weight excluding hydrogens is 312 g/mol. The summed E-state index contributed by atoms with van der Waals surface area (Å²) < 4.78 is 10.7. The summed E-state index contributed by atoms with van der Waals surface area (Å²) in [5, 5.41) is 5.85. The van der Waals surface area contributed by atoms with E-state index in [1.54, 1.807) is 11.3 Å². The molecular formula is C17H18N2O3S. The van der Waals surface area contributed by atoms with E-state index in [1.807, 2.05) is 23.6 Å². The van der Waals surface area contributed by atoms with Gasteiger partial charge < -0.3 is 14.8 Å². The first-order valence-electron chi connectivity index (χ1n) is 7.89. The second-order valence-corrected chi connectivity index (χ2v) is 6.85. The lowest BCUT2D eigenvalue weighted by atomic mass is 9.85. The summed E-state index contributed by atoms with van der Waals surface area (Å²) in [6.45, 7) is 1.07. The highest BCUT2D eigenvalue weighted by molar-refractivity contribution is 7.13. The zero-order valence-corrected chi connectivity index (χ0v) is 13.5. The zero-order chi connectivity index (χ0) is 15.6. The average Bonchev–Trinajstić information content (AvgIpc) is 3.13. The molecule has 1 saturated carbocycles. The summed E-state index contributed by atoms with van der Waals surface area (Å²) in [6.07, 6.45) is 4.12. The Morgan fingerprint density at radius 2 is 2.17 bits per heavy atom. The molecule has 0 unspecified atom stereocenters. The van der Waals surface area contributed by atoms with Crippen LogP contribution in [0.2, 0.25) is 0 Å². The number of carbonyl (C=O) groups is 1. The molecule has 1 aromatic carbocycles. The Morgan fingerprint density at radius 3 is 3.00 bits per heavy atom. The Balaban J connectivity index is 1.39. The standard InChI is InChI=1S/C17H18N2O3S/c20-16(18-8-11-2-1-3-11)7-13-9-23-17(19-13)12-4-5-14-15(6-12)22-10-21-14/h4-6,9,11H,1-3,7-8,10H2,(H,18,20). The minimum absolute atomic E-state index is 0.0550. The topological polar surface area (TPSA) is 60.5 Å². The monoisotopic (exact) mass is 330 g/mol. The molecule has 6 heteroatoms. The molecule has 0 atom stereocenters. The van der Waals surface area contributed by atoms with E-state index in [0.29, 0.717) is 12.3 Å². The van der Waals surface area contributed by atoms with Gasteiger partial charge >= 0.3 is 0 Å². The maximum Gasteiger partial charge on any atom is 0.231 e. The highest BCUT2D eigenvalue weighted by atomic mass is 32.1. The Kier molecular flexibility index (Phi) is 3.91. The lowest BCUT2D eigenvalue weighted by molar-refractivity contribution is -0.120. The number of fused-ring (bicyclic) bond motifs is 1. The number of hydrogen-bond donors (Lipinski definition) is 1. The number of hydrogen-bond acceptors (Lipinski definition) is 5. The van der Waals surface area contributed by atoms with E-state index in [-0.39, 0.29) is 12.7 Å². The molecule has 2 aromatic rings. The average molecular weight is 330 g/mol. The van der Waals surface area contributed by atoms with Crippen molar-refractivity contribution in [3.8, 4) is 22.1 Å². The van der Waals surface area contributed by atoms with E-state index in [9.17, 15) is 4.79 Å². The smallest absolute Gasteiger partial charge is 0.231 e. The maximum absolute atomic E-state index is 12.0. The van der Waals surface area contributed by atoms with Crippen LogP contribution in [-0.2, 0) is 11.2 Å². The van der Waals surface area contributed by atoms with Gasteiger partial charge in [-0.05, 0) is 37.0 Å². The molecule has 5 nitrogen and oxygen atoms in total. The molecule has 23 heavy (non-hydrogen) atoms. The van der Waals surface area contributed by atoms with Crippen molar-refractivity contribution in [2.24, 2.45) is 5.92 Å². The number of thiazole rings is 1. The largest absolute Gasteiger partial charge is 0.454 e. The molecule has 1 aliphatic carbocycles. The Morgan fingerprint density at radius 1 is 1.30 bits per heavy atom. The molecule has 0 radical (unpaired) electrons. The quantitative estimate of drug-likeness (QED) is 0.915. The van der Waals surface area contributed by atoms with Crippen LogP contribution in [0.4, 0.5) is 0 Å². The molecule has 0 bridgehead atoms. The molecule has 1 aliphatic heterocycles. The fraction of sp³-hybridized carbons (Fsp3) is 0.412. The summed E-state index contributed by atoms with van der Waals surface area (Å²) in [5.74, 6) is 2.25. The number of aromatic nitrogens is 1. The van der Waals surface area contributed by atoms with E-state index >= 15 is 0 Å². The van der Waals surface area contributed by atoms with Gasteiger partial charge in [-0.15, -0.1) is 11.3 Å². The van der Waals surface area contributed by atoms with E-state index in [0.717, 1.165) is 34.3 Å². The first-order chi connectivity index (χ1) is 11.3. The summed E-state index contributed by atoms with van der Waals surface area (Å²) in [6, 6.07) is 5.79. The van der Waals surface area contributed by atoms with Crippen LogP contribution in [0.15, 0.2) is 23.6 Å². The van der Waals surface area contributed by atoms with Gasteiger partial charge in [0.25, 0.3) is 0 Å². The third-order valence-electron chi connectivity index (χ3n) is 4.33. The zero-order valence-electron chi connectivity index (χ0n) is 12.7. The van der Waals surface area contributed by atoms with Crippen LogP contribution in [0.3, 0.4) is 0 Å². The van der Waals surface area contributed by atoms with Gasteiger partial charge in [-0.2, -0.15) is 0 Å². The van der Waals surface area contributed by atoms with E-state index in [4.69, 9.17) is 9.47 Å². The first kappa shape index (κ1) is 14.5. The first-order valence-corrected chi connectivity index (χ1v) is 8.77. The lowest BCUT2D eigenvalue weighted by Crippen LogP contribution is -2.33. The number of carbonyl (C=O) groups excluding carboxylic acids is 1. The Hall–Kier alpha value is -2.08. The maximum atomic E-state index is 12.0. The predicted molar refractivity (Wildman–Crippen MR) is 87.7 cm³/mol. The molecule has 1 fully saturated rings. The molecule has 0 saturated heterocycles. The third-order valence-corrected chi connectivity index (χ3v) is 5.27. The van der Waals surface area contributed by atoms with Crippen molar-refractivity contribution in [1.29, 1.82) is 0 Å². The SMILES string of the molecule is O=C(Cc1csc(-c2ccc3c(c2)OCO3)n1)NCC1CCC1. The van der Waals surface area contributed by atoms with Crippen LogP contribution in [-0.4, -0.2) is 24.2 Å². The minimum atomic E-state index is 0.0550. The van der Waals surface area contributed by atoms with Crippen molar-refractivity contribution in [3.05, 3.63) is 29.3 Å². The Bertz CT molecular complexity index is 724. The second kappa shape index (κ2) is 6.20. The van der Waals surface area contributed by atoms with Crippen molar-refractivity contribution >= 4 is 17.2 Å². The molecule has 120 valence electrons. The molecule has 1 N–H and O–H groups in total. The summed E-state index contributed by atoms with van der Waals surface area (Å²) in [4.78, 5) is 16.5. The number of rotatable bonds is 5. The van der Waals surface area contributed by atoms with E-state index in [1.165, 1.54) is 19.3 Å². The molecule has 1 amide bonds. The van der Waals surface area contributed by atoms with Crippen molar-refractivity contribution in [3.63, 3.8) is 0 Å². The van der Waals surface area contributed by atoms with Gasteiger partial charge in [0.1, 0.15) is 5.01 Å². The molecule has 2 aliphatic rings. The van der Waals surface area contributed by atoms with Gasteiger partial charge in [0, 0.05) is 17.5 Å². The fourth-order valence-corrected chi connectivity index (χ4v) is 3.55. The fourth-order valence-electron chi connectivity index (χ4n) is 2.73. The van der Waals surface area contributed by atoms with Crippen LogP contribution in [0, 0.1) is 5.92 Å². The third kappa shape index (κ3) is 3.17. The van der Waals surface area contributed by atoms with Crippen LogP contribution in [0.1, 0.15) is 25.0 Å².